The molecule has 1 amide bonds. The lowest BCUT2D eigenvalue weighted by Crippen LogP contribution is -2.26. The molecule has 7 heteroatoms. The zero-order valence-corrected chi connectivity index (χ0v) is 13.1. The number of anilines is 1. The molecule has 1 rings (SSSR count). The quantitative estimate of drug-likeness (QED) is 0.466. The van der Waals surface area contributed by atoms with Gasteiger partial charge in [0.05, 0.1) is 25.3 Å². The highest BCUT2D eigenvalue weighted by Gasteiger charge is 2.19. The summed E-state index contributed by atoms with van der Waals surface area (Å²) >= 11 is 0. The number of esters is 2. The number of ether oxygens (including phenoxy) is 2. The van der Waals surface area contributed by atoms with Gasteiger partial charge in [0.15, 0.2) is 5.78 Å². The van der Waals surface area contributed by atoms with Crippen molar-refractivity contribution in [1.29, 1.82) is 0 Å². The van der Waals surface area contributed by atoms with Crippen molar-refractivity contribution in [3.8, 4) is 0 Å². The zero-order valence-electron chi connectivity index (χ0n) is 13.1. The third kappa shape index (κ3) is 5.90. The topological polar surface area (TPSA) is 98.8 Å². The van der Waals surface area contributed by atoms with Gasteiger partial charge < -0.3 is 14.8 Å². The highest BCUT2D eigenvalue weighted by Crippen LogP contribution is 2.18. The molecule has 1 N–H and O–H groups in total. The molecule has 1 aromatic carbocycles. The van der Waals surface area contributed by atoms with E-state index in [1.807, 2.05) is 0 Å². The Bertz CT molecular complexity index is 596. The molecular formula is C16H19NO6. The number of Topliss-reactive ketones (excluding diaryl/α,β-unsaturated/α-hetero) is 1. The van der Waals surface area contributed by atoms with Gasteiger partial charge in [-0.3, -0.25) is 14.4 Å². The number of benzene rings is 1. The van der Waals surface area contributed by atoms with Crippen molar-refractivity contribution >= 4 is 29.3 Å². The Balaban J connectivity index is 2.76. The maximum atomic E-state index is 12.2. The fourth-order valence-electron chi connectivity index (χ4n) is 1.79. The molecule has 23 heavy (non-hydrogen) atoms. The van der Waals surface area contributed by atoms with Crippen molar-refractivity contribution in [1.82, 2.24) is 0 Å². The van der Waals surface area contributed by atoms with Gasteiger partial charge in [-0.25, -0.2) is 4.79 Å². The van der Waals surface area contributed by atoms with E-state index in [0.717, 1.165) is 0 Å². The van der Waals surface area contributed by atoms with Gasteiger partial charge in [-0.2, -0.15) is 0 Å². The summed E-state index contributed by atoms with van der Waals surface area (Å²) in [7, 11) is 0. The smallest absolute Gasteiger partial charge is 0.397 e. The second kappa shape index (κ2) is 9.34. The first kappa shape index (κ1) is 18.3. The predicted molar refractivity (Wildman–Crippen MR) is 81.9 cm³/mol. The molecular weight excluding hydrogens is 302 g/mol. The number of hydrogen-bond donors (Lipinski definition) is 1. The van der Waals surface area contributed by atoms with Crippen LogP contribution in [0, 0.1) is 0 Å². The Hall–Kier alpha value is -2.70. The van der Waals surface area contributed by atoms with Gasteiger partial charge in [-0.1, -0.05) is 12.1 Å². The van der Waals surface area contributed by atoms with Crippen LogP contribution in [-0.4, -0.2) is 36.8 Å². The molecule has 0 aliphatic heterocycles. The maximum absolute atomic E-state index is 12.2. The van der Waals surface area contributed by atoms with E-state index in [0.29, 0.717) is 0 Å². The summed E-state index contributed by atoms with van der Waals surface area (Å²) in [6, 6.07) is 6.24. The molecule has 0 unspecified atom stereocenters. The van der Waals surface area contributed by atoms with Crippen molar-refractivity contribution in [3.05, 3.63) is 29.8 Å². The zero-order chi connectivity index (χ0) is 17.2. The second-order valence-electron chi connectivity index (χ2n) is 4.45. The summed E-state index contributed by atoms with van der Waals surface area (Å²) in [4.78, 5) is 46.5. The van der Waals surface area contributed by atoms with E-state index in [9.17, 15) is 19.2 Å². The van der Waals surface area contributed by atoms with Crippen LogP contribution in [0.1, 0.15) is 37.0 Å². The van der Waals surface area contributed by atoms with Crippen LogP contribution in [0.15, 0.2) is 24.3 Å². The van der Waals surface area contributed by atoms with Crippen LogP contribution in [0.2, 0.25) is 0 Å². The van der Waals surface area contributed by atoms with E-state index in [1.165, 1.54) is 12.1 Å². The largest absolute Gasteiger partial charge is 0.466 e. The maximum Gasteiger partial charge on any atom is 0.397 e. The Kier molecular flexibility index (Phi) is 7.45. The van der Waals surface area contributed by atoms with E-state index in [4.69, 9.17) is 4.74 Å². The first-order valence-electron chi connectivity index (χ1n) is 7.25. The number of carbonyl (C=O) groups excluding carboxylic acids is 4. The SMILES string of the molecule is CCOC(=O)CCC(=O)c1ccccc1NC(=O)C(=O)OCC. The van der Waals surface area contributed by atoms with Crippen LogP contribution in [0.5, 0.6) is 0 Å². The molecule has 0 saturated heterocycles. The lowest BCUT2D eigenvalue weighted by atomic mass is 10.0. The molecule has 0 saturated carbocycles. The molecule has 0 fully saturated rings. The van der Waals surface area contributed by atoms with Crippen LogP contribution < -0.4 is 5.32 Å². The van der Waals surface area contributed by atoms with Gasteiger partial charge >= 0.3 is 17.8 Å². The molecule has 1 aromatic rings. The van der Waals surface area contributed by atoms with Crippen molar-refractivity contribution in [2.24, 2.45) is 0 Å². The molecule has 0 aromatic heterocycles. The summed E-state index contributed by atoms with van der Waals surface area (Å²) in [5.41, 5.74) is 0.411. The van der Waals surface area contributed by atoms with Gasteiger partial charge in [0.25, 0.3) is 0 Å². The highest BCUT2D eigenvalue weighted by atomic mass is 16.5. The number of carbonyl (C=O) groups is 4. The Morgan fingerprint density at radius 1 is 0.957 bits per heavy atom. The van der Waals surface area contributed by atoms with Gasteiger partial charge in [-0.05, 0) is 26.0 Å². The fourth-order valence-corrected chi connectivity index (χ4v) is 1.79. The molecule has 0 bridgehead atoms. The molecule has 124 valence electrons. The summed E-state index contributed by atoms with van der Waals surface area (Å²) in [5, 5.41) is 2.34. The van der Waals surface area contributed by atoms with E-state index in [-0.39, 0.29) is 43.1 Å². The summed E-state index contributed by atoms with van der Waals surface area (Å²) in [6.07, 6.45) is -0.0993. The van der Waals surface area contributed by atoms with Crippen LogP contribution in [0.25, 0.3) is 0 Å². The number of hydrogen-bond acceptors (Lipinski definition) is 6. The predicted octanol–water partition coefficient (Wildman–Crippen LogP) is 1.71. The molecule has 0 atom stereocenters. The van der Waals surface area contributed by atoms with Crippen molar-refractivity contribution < 1.29 is 28.7 Å². The molecule has 7 nitrogen and oxygen atoms in total. The van der Waals surface area contributed by atoms with Crippen LogP contribution in [0.3, 0.4) is 0 Å². The van der Waals surface area contributed by atoms with Crippen LogP contribution in [-0.2, 0) is 23.9 Å². The lowest BCUT2D eigenvalue weighted by molar-refractivity contribution is -0.152. The Labute approximate surface area is 134 Å². The molecule has 0 heterocycles. The molecule has 0 spiro atoms. The van der Waals surface area contributed by atoms with Gasteiger partial charge in [0.2, 0.25) is 0 Å². The minimum absolute atomic E-state index is 0.0488. The van der Waals surface area contributed by atoms with E-state index < -0.39 is 17.8 Å². The normalized spacial score (nSPS) is 9.83. The molecule has 0 radical (unpaired) electrons. The minimum atomic E-state index is -1.03. The van der Waals surface area contributed by atoms with Gasteiger partial charge in [0.1, 0.15) is 0 Å². The number of nitrogens with one attached hydrogen (secondary N) is 1. The van der Waals surface area contributed by atoms with E-state index in [2.05, 4.69) is 10.1 Å². The fraction of sp³-hybridized carbons (Fsp3) is 0.375. The Morgan fingerprint density at radius 2 is 1.61 bits per heavy atom. The number of rotatable bonds is 7. The third-order valence-electron chi connectivity index (χ3n) is 2.80. The van der Waals surface area contributed by atoms with Crippen molar-refractivity contribution in [2.45, 2.75) is 26.7 Å². The minimum Gasteiger partial charge on any atom is -0.466 e. The number of amides is 1. The molecule has 0 aliphatic rings. The summed E-state index contributed by atoms with van der Waals surface area (Å²) < 4.78 is 9.34. The van der Waals surface area contributed by atoms with Crippen LogP contribution in [0.4, 0.5) is 5.69 Å². The summed E-state index contributed by atoms with van der Waals surface area (Å²) in [5.74, 6) is -2.79. The number of ketones is 1. The lowest BCUT2D eigenvalue weighted by Gasteiger charge is -2.09. The average molecular weight is 321 g/mol. The Morgan fingerprint density at radius 3 is 2.26 bits per heavy atom. The first-order valence-corrected chi connectivity index (χ1v) is 7.25. The monoisotopic (exact) mass is 321 g/mol. The van der Waals surface area contributed by atoms with Gasteiger partial charge in [0, 0.05) is 12.0 Å². The second-order valence-corrected chi connectivity index (χ2v) is 4.45. The first-order chi connectivity index (χ1) is 11.0. The van der Waals surface area contributed by atoms with Crippen LogP contribution >= 0.6 is 0 Å². The van der Waals surface area contributed by atoms with Gasteiger partial charge in [-0.15, -0.1) is 0 Å². The van der Waals surface area contributed by atoms with Crippen molar-refractivity contribution in [3.63, 3.8) is 0 Å². The standard InChI is InChI=1S/C16H19NO6/c1-3-22-14(19)10-9-13(18)11-7-5-6-8-12(11)17-15(20)16(21)23-4-2/h5-8H,3-4,9-10H2,1-2H3,(H,17,20). The van der Waals surface area contributed by atoms with Crippen molar-refractivity contribution in [2.75, 3.05) is 18.5 Å². The summed E-state index contributed by atoms with van der Waals surface area (Å²) in [6.45, 7) is 3.59. The number of para-hydroxylation sites is 1. The molecule has 0 aliphatic carbocycles. The van der Waals surface area contributed by atoms with E-state index >= 15 is 0 Å². The third-order valence-corrected chi connectivity index (χ3v) is 2.80. The van der Waals surface area contributed by atoms with E-state index in [1.54, 1.807) is 26.0 Å². The highest BCUT2D eigenvalue weighted by molar-refractivity contribution is 6.37. The average Bonchev–Trinajstić information content (AvgIpc) is 2.53.